The number of aromatic nitrogens is 1. The molecule has 0 unspecified atom stereocenters. The van der Waals surface area contributed by atoms with E-state index in [1.165, 1.54) is 5.56 Å². The molecule has 3 amide bonds. The second-order valence-corrected chi connectivity index (χ2v) is 8.89. The summed E-state index contributed by atoms with van der Waals surface area (Å²) in [4.78, 5) is 29.9. The van der Waals surface area contributed by atoms with Crippen molar-refractivity contribution < 1.29 is 9.59 Å². The topological polar surface area (TPSA) is 57.6 Å². The van der Waals surface area contributed by atoms with Crippen LogP contribution in [0.4, 0.5) is 10.5 Å². The summed E-state index contributed by atoms with van der Waals surface area (Å²) in [7, 11) is 1.98. The van der Waals surface area contributed by atoms with Gasteiger partial charge in [-0.25, -0.2) is 4.79 Å². The Balaban J connectivity index is 2.17. The van der Waals surface area contributed by atoms with E-state index in [0.717, 1.165) is 23.4 Å². The highest BCUT2D eigenvalue weighted by Crippen LogP contribution is 2.17. The molecule has 0 fully saturated rings. The number of nitrogens with one attached hydrogen (secondary N) is 1. The minimum atomic E-state index is -0.241. The van der Waals surface area contributed by atoms with Crippen LogP contribution in [0.25, 0.3) is 0 Å². The molecule has 0 radical (unpaired) electrons. The number of nitrogens with zero attached hydrogens (tertiary/aromatic N) is 3. The van der Waals surface area contributed by atoms with E-state index in [0.29, 0.717) is 19.0 Å². The number of urea groups is 1. The highest BCUT2D eigenvalue weighted by Gasteiger charge is 2.25. The van der Waals surface area contributed by atoms with E-state index in [4.69, 9.17) is 0 Å². The van der Waals surface area contributed by atoms with E-state index in [2.05, 4.69) is 19.2 Å². The molecule has 6 heteroatoms. The summed E-state index contributed by atoms with van der Waals surface area (Å²) in [5.41, 5.74) is 4.12. The van der Waals surface area contributed by atoms with Crippen molar-refractivity contribution in [2.75, 3.05) is 18.4 Å². The fourth-order valence-corrected chi connectivity index (χ4v) is 3.46. The molecule has 1 aromatic carbocycles. The molecule has 0 bridgehead atoms. The average molecular weight is 427 g/mol. The van der Waals surface area contributed by atoms with Crippen LogP contribution in [0, 0.1) is 19.8 Å². The average Bonchev–Trinajstić information content (AvgIpc) is 3.11. The Morgan fingerprint density at radius 3 is 2.35 bits per heavy atom. The monoisotopic (exact) mass is 426 g/mol. The number of carbonyl (C=O) groups is 2. The van der Waals surface area contributed by atoms with Gasteiger partial charge in [0.05, 0.1) is 6.54 Å². The van der Waals surface area contributed by atoms with Gasteiger partial charge in [0.1, 0.15) is 6.54 Å². The number of hydrogen-bond acceptors (Lipinski definition) is 2. The van der Waals surface area contributed by atoms with Gasteiger partial charge in [0.15, 0.2) is 0 Å². The normalized spacial score (nSPS) is 12.0. The van der Waals surface area contributed by atoms with Crippen LogP contribution in [0.3, 0.4) is 0 Å². The SMILES string of the molecule is CC[C@H](C)N(CC(=O)N(Cc1cccn1C)CC(C)C)C(=O)Nc1ccc(C)c(C)c1. The lowest BCUT2D eigenvalue weighted by atomic mass is 10.1. The third-order valence-electron chi connectivity index (χ3n) is 5.79. The molecule has 0 aliphatic carbocycles. The maximum Gasteiger partial charge on any atom is 0.322 e. The molecule has 31 heavy (non-hydrogen) atoms. The quantitative estimate of drug-likeness (QED) is 0.616. The first-order chi connectivity index (χ1) is 14.6. The Bertz CT molecular complexity index is 887. The number of amides is 3. The van der Waals surface area contributed by atoms with Crippen molar-refractivity contribution in [3.05, 3.63) is 53.3 Å². The van der Waals surface area contributed by atoms with Crippen molar-refractivity contribution in [1.29, 1.82) is 0 Å². The first kappa shape index (κ1) is 24.5. The van der Waals surface area contributed by atoms with Crippen LogP contribution in [0.15, 0.2) is 36.5 Å². The molecule has 170 valence electrons. The molecule has 6 nitrogen and oxygen atoms in total. The van der Waals surface area contributed by atoms with Crippen LogP contribution in [0.1, 0.15) is 50.9 Å². The molecule has 0 saturated carbocycles. The fraction of sp³-hybridized carbons (Fsp3) is 0.520. The molecule has 1 N–H and O–H groups in total. The number of benzene rings is 1. The van der Waals surface area contributed by atoms with Gasteiger partial charge in [-0.05, 0) is 68.5 Å². The molecule has 1 atom stereocenters. The Hall–Kier alpha value is -2.76. The predicted octanol–water partition coefficient (Wildman–Crippen LogP) is 4.96. The van der Waals surface area contributed by atoms with Crippen LogP contribution >= 0.6 is 0 Å². The van der Waals surface area contributed by atoms with Crippen LogP contribution in [0.2, 0.25) is 0 Å². The lowest BCUT2D eigenvalue weighted by Gasteiger charge is -2.32. The Morgan fingerprint density at radius 1 is 1.10 bits per heavy atom. The van der Waals surface area contributed by atoms with Crippen LogP contribution < -0.4 is 5.32 Å². The summed E-state index contributed by atoms with van der Waals surface area (Å²) in [6.07, 6.45) is 2.76. The van der Waals surface area contributed by atoms with Crippen molar-refractivity contribution in [2.24, 2.45) is 13.0 Å². The number of anilines is 1. The standard InChI is InChI=1S/C25H38N4O2/c1-8-21(6)29(25(31)26-22-12-11-19(4)20(5)14-22)17-24(30)28(15-18(2)3)16-23-10-9-13-27(23)7/h9-14,18,21H,8,15-17H2,1-7H3,(H,26,31)/t21-/m0/s1. The lowest BCUT2D eigenvalue weighted by molar-refractivity contribution is -0.133. The zero-order valence-corrected chi connectivity index (χ0v) is 20.1. The molecular formula is C25H38N4O2. The predicted molar refractivity (Wildman–Crippen MR) is 127 cm³/mol. The van der Waals surface area contributed by atoms with Gasteiger partial charge in [-0.1, -0.05) is 26.8 Å². The van der Waals surface area contributed by atoms with Gasteiger partial charge in [-0.3, -0.25) is 4.79 Å². The molecule has 2 aromatic rings. The molecule has 0 aliphatic heterocycles. The molecule has 1 heterocycles. The Labute approximate surface area is 187 Å². The summed E-state index contributed by atoms with van der Waals surface area (Å²) in [5.74, 6) is 0.302. The van der Waals surface area contributed by atoms with Gasteiger partial charge in [0, 0.05) is 37.2 Å². The molecule has 0 spiro atoms. The summed E-state index contributed by atoms with van der Waals surface area (Å²) < 4.78 is 2.03. The first-order valence-electron chi connectivity index (χ1n) is 11.1. The molecule has 0 saturated heterocycles. The maximum absolute atomic E-state index is 13.3. The minimum Gasteiger partial charge on any atom is -0.353 e. The number of rotatable bonds is 9. The van der Waals surface area contributed by atoms with E-state index in [-0.39, 0.29) is 24.5 Å². The molecule has 0 aliphatic rings. The summed E-state index contributed by atoms with van der Waals surface area (Å²) >= 11 is 0. The van der Waals surface area contributed by atoms with E-state index in [1.807, 2.05) is 80.7 Å². The first-order valence-corrected chi connectivity index (χ1v) is 11.1. The molecule has 2 rings (SSSR count). The fourth-order valence-electron chi connectivity index (χ4n) is 3.46. The summed E-state index contributed by atoms with van der Waals surface area (Å²) in [6.45, 7) is 13.5. The zero-order valence-electron chi connectivity index (χ0n) is 20.1. The van der Waals surface area contributed by atoms with Crippen molar-refractivity contribution in [3.63, 3.8) is 0 Å². The lowest BCUT2D eigenvalue weighted by Crippen LogP contribution is -2.48. The summed E-state index contributed by atoms with van der Waals surface area (Å²) in [6, 6.07) is 9.57. The number of aryl methyl sites for hydroxylation is 3. The van der Waals surface area contributed by atoms with E-state index < -0.39 is 0 Å². The van der Waals surface area contributed by atoms with Crippen LogP contribution in [0.5, 0.6) is 0 Å². The maximum atomic E-state index is 13.3. The Kier molecular flexibility index (Phi) is 8.72. The Morgan fingerprint density at radius 2 is 1.81 bits per heavy atom. The molecule has 1 aromatic heterocycles. The van der Waals surface area contributed by atoms with Crippen molar-refractivity contribution in [1.82, 2.24) is 14.4 Å². The van der Waals surface area contributed by atoms with Crippen molar-refractivity contribution in [2.45, 2.75) is 60.5 Å². The van der Waals surface area contributed by atoms with Gasteiger partial charge in [0.2, 0.25) is 5.91 Å². The smallest absolute Gasteiger partial charge is 0.322 e. The van der Waals surface area contributed by atoms with Gasteiger partial charge >= 0.3 is 6.03 Å². The number of carbonyl (C=O) groups excluding carboxylic acids is 2. The number of hydrogen-bond donors (Lipinski definition) is 1. The second kappa shape index (κ2) is 11.0. The summed E-state index contributed by atoms with van der Waals surface area (Å²) in [5, 5.41) is 2.98. The third-order valence-corrected chi connectivity index (χ3v) is 5.79. The second-order valence-electron chi connectivity index (χ2n) is 8.89. The van der Waals surface area contributed by atoms with Crippen molar-refractivity contribution >= 4 is 17.6 Å². The largest absolute Gasteiger partial charge is 0.353 e. The van der Waals surface area contributed by atoms with E-state index in [1.54, 1.807) is 4.90 Å². The minimum absolute atomic E-state index is 0.0366. The third kappa shape index (κ3) is 6.88. The van der Waals surface area contributed by atoms with E-state index >= 15 is 0 Å². The van der Waals surface area contributed by atoms with Gasteiger partial charge < -0.3 is 19.7 Å². The zero-order chi connectivity index (χ0) is 23.1. The highest BCUT2D eigenvalue weighted by atomic mass is 16.2. The molecular weight excluding hydrogens is 388 g/mol. The highest BCUT2D eigenvalue weighted by molar-refractivity contribution is 5.92. The van der Waals surface area contributed by atoms with Crippen LogP contribution in [-0.4, -0.2) is 45.4 Å². The van der Waals surface area contributed by atoms with Crippen molar-refractivity contribution in [3.8, 4) is 0 Å². The van der Waals surface area contributed by atoms with Crippen LogP contribution in [-0.2, 0) is 18.4 Å². The van der Waals surface area contributed by atoms with Gasteiger partial charge in [-0.2, -0.15) is 0 Å². The van der Waals surface area contributed by atoms with Gasteiger partial charge in [-0.15, -0.1) is 0 Å². The van der Waals surface area contributed by atoms with Gasteiger partial charge in [0.25, 0.3) is 0 Å². The van der Waals surface area contributed by atoms with E-state index in [9.17, 15) is 9.59 Å².